The summed E-state index contributed by atoms with van der Waals surface area (Å²) in [6, 6.07) is 0. The van der Waals surface area contributed by atoms with Crippen molar-refractivity contribution in [3.8, 4) is 0 Å². The van der Waals surface area contributed by atoms with Crippen molar-refractivity contribution in [1.29, 1.82) is 0 Å². The molecule has 0 spiro atoms. The molecule has 35 heavy (non-hydrogen) atoms. The van der Waals surface area contributed by atoms with Gasteiger partial charge in [0, 0.05) is 19.5 Å². The van der Waals surface area contributed by atoms with Crippen LogP contribution in [0.3, 0.4) is 0 Å². The molecule has 198 valence electrons. The number of carbonyl (C=O) groups is 2. The molecular weight excluding hydrogens is 537 g/mol. The molecular formula is C23H40B2BrClN2O6. The van der Waals surface area contributed by atoms with Gasteiger partial charge in [-0.1, -0.05) is 36.7 Å². The fourth-order valence-corrected chi connectivity index (χ4v) is 7.46. The monoisotopic (exact) mass is 576 g/mol. The third-order valence-electron chi connectivity index (χ3n) is 9.28. The average Bonchev–Trinajstić information content (AvgIpc) is 3.54. The normalized spacial score (nSPS) is 36.5. The first-order valence-electron chi connectivity index (χ1n) is 12.9. The molecule has 2 N–H and O–H groups in total. The number of likely N-dealkylation sites (tertiary alicyclic amines) is 2. The van der Waals surface area contributed by atoms with Crippen LogP contribution in [0.4, 0.5) is 0 Å². The first-order chi connectivity index (χ1) is 16.0. The van der Waals surface area contributed by atoms with Crippen LogP contribution in [-0.4, -0.2) is 87.9 Å². The van der Waals surface area contributed by atoms with Gasteiger partial charge >= 0.3 is 14.2 Å². The van der Waals surface area contributed by atoms with Crippen LogP contribution in [0.15, 0.2) is 0 Å². The topological polar surface area (TPSA) is 99.5 Å². The van der Waals surface area contributed by atoms with Crippen LogP contribution in [-0.2, 0) is 18.9 Å². The predicted octanol–water partition coefficient (Wildman–Crippen LogP) is 2.46. The van der Waals surface area contributed by atoms with Crippen LogP contribution in [0.1, 0.15) is 72.6 Å². The summed E-state index contributed by atoms with van der Waals surface area (Å²) in [4.78, 5) is 26.9. The lowest BCUT2D eigenvalue weighted by Gasteiger charge is -2.64. The Labute approximate surface area is 224 Å². The molecule has 0 aromatic carbocycles. The second-order valence-corrected chi connectivity index (χ2v) is 11.9. The summed E-state index contributed by atoms with van der Waals surface area (Å²) in [5, 5.41) is 18.2. The van der Waals surface area contributed by atoms with Crippen molar-refractivity contribution >= 4 is 54.4 Å². The molecule has 0 radical (unpaired) electrons. The SMILES string of the molecule is CC1(C)C2CC3OB([C@@H]4CCCN4C(=O)CBr)O[C@@]3(C)C1C2.CCC(=O)N1CCC[C@H]1B(O)O.Cl. The first kappa shape index (κ1) is 29.2. The van der Waals surface area contributed by atoms with Gasteiger partial charge in [0.05, 0.1) is 28.9 Å². The highest BCUT2D eigenvalue weighted by molar-refractivity contribution is 9.09. The van der Waals surface area contributed by atoms with Gasteiger partial charge in [-0.2, -0.15) is 0 Å². The van der Waals surface area contributed by atoms with Crippen LogP contribution in [0, 0.1) is 17.3 Å². The number of carbonyl (C=O) groups excluding carboxylic acids is 2. The summed E-state index contributed by atoms with van der Waals surface area (Å²) in [7, 11) is -1.63. The lowest BCUT2D eigenvalue weighted by Crippen LogP contribution is -2.65. The Morgan fingerprint density at radius 1 is 1.09 bits per heavy atom. The maximum Gasteiger partial charge on any atom is 0.481 e. The largest absolute Gasteiger partial charge is 0.481 e. The summed E-state index contributed by atoms with van der Waals surface area (Å²) < 4.78 is 12.9. The number of halogens is 2. The Morgan fingerprint density at radius 3 is 2.34 bits per heavy atom. The third-order valence-corrected chi connectivity index (χ3v) is 9.76. The lowest BCUT2D eigenvalue weighted by molar-refractivity contribution is -0.199. The van der Waals surface area contributed by atoms with E-state index in [0.717, 1.165) is 38.1 Å². The number of amides is 2. The van der Waals surface area contributed by atoms with Gasteiger partial charge in [-0.05, 0) is 62.7 Å². The van der Waals surface area contributed by atoms with Crippen molar-refractivity contribution in [1.82, 2.24) is 9.80 Å². The van der Waals surface area contributed by atoms with E-state index in [4.69, 9.17) is 19.4 Å². The molecule has 0 aromatic heterocycles. The molecule has 3 heterocycles. The van der Waals surface area contributed by atoms with Crippen molar-refractivity contribution in [2.45, 2.75) is 96.2 Å². The van der Waals surface area contributed by atoms with E-state index in [1.807, 2.05) is 4.90 Å². The second-order valence-electron chi connectivity index (χ2n) is 11.3. The molecule has 3 aliphatic carbocycles. The molecule has 6 rings (SSSR count). The highest BCUT2D eigenvalue weighted by Crippen LogP contribution is 2.65. The van der Waals surface area contributed by atoms with E-state index in [2.05, 4.69) is 36.7 Å². The van der Waals surface area contributed by atoms with Gasteiger partial charge in [-0.3, -0.25) is 9.59 Å². The van der Waals surface area contributed by atoms with E-state index in [9.17, 15) is 9.59 Å². The summed E-state index contributed by atoms with van der Waals surface area (Å²) in [5.41, 5.74) is 0.194. The molecule has 6 atom stereocenters. The molecule has 3 unspecified atom stereocenters. The molecule has 3 saturated carbocycles. The van der Waals surface area contributed by atoms with E-state index in [0.29, 0.717) is 36.0 Å². The van der Waals surface area contributed by atoms with Crippen molar-refractivity contribution in [3.63, 3.8) is 0 Å². The molecule has 6 fully saturated rings. The minimum absolute atomic E-state index is 0. The van der Waals surface area contributed by atoms with Gasteiger partial charge in [0.25, 0.3) is 0 Å². The van der Waals surface area contributed by atoms with E-state index in [-0.39, 0.29) is 54.9 Å². The highest BCUT2D eigenvalue weighted by atomic mass is 79.9. The molecule has 6 aliphatic rings. The first-order valence-corrected chi connectivity index (χ1v) is 14.0. The maximum atomic E-state index is 12.1. The summed E-state index contributed by atoms with van der Waals surface area (Å²) >= 11 is 3.29. The van der Waals surface area contributed by atoms with E-state index >= 15 is 0 Å². The third kappa shape index (κ3) is 5.19. The van der Waals surface area contributed by atoms with Crippen molar-refractivity contribution in [2.75, 3.05) is 18.4 Å². The fourth-order valence-electron chi connectivity index (χ4n) is 7.14. The summed E-state index contributed by atoms with van der Waals surface area (Å²) in [6.45, 7) is 10.3. The van der Waals surface area contributed by atoms with Crippen LogP contribution in [0.25, 0.3) is 0 Å². The molecule has 3 saturated heterocycles. The second kappa shape index (κ2) is 11.2. The highest BCUT2D eigenvalue weighted by Gasteiger charge is 2.69. The zero-order valence-electron chi connectivity index (χ0n) is 21.3. The smallest absolute Gasteiger partial charge is 0.426 e. The number of hydrogen-bond donors (Lipinski definition) is 2. The van der Waals surface area contributed by atoms with Gasteiger partial charge in [-0.25, -0.2) is 0 Å². The minimum Gasteiger partial charge on any atom is -0.426 e. The predicted molar refractivity (Wildman–Crippen MR) is 141 cm³/mol. The Morgan fingerprint density at radius 2 is 1.74 bits per heavy atom. The quantitative estimate of drug-likeness (QED) is 0.394. The van der Waals surface area contributed by atoms with Gasteiger partial charge in [0.2, 0.25) is 11.8 Å². The van der Waals surface area contributed by atoms with Gasteiger partial charge < -0.3 is 29.2 Å². The Bertz CT molecular complexity index is 795. The molecule has 12 heteroatoms. The molecule has 3 aliphatic heterocycles. The Balaban J connectivity index is 0.000000226. The average molecular weight is 578 g/mol. The zero-order valence-corrected chi connectivity index (χ0v) is 23.7. The number of nitrogens with zero attached hydrogens (tertiary/aromatic N) is 2. The van der Waals surface area contributed by atoms with Crippen molar-refractivity contribution in [2.24, 2.45) is 17.3 Å². The van der Waals surface area contributed by atoms with E-state index < -0.39 is 7.12 Å². The summed E-state index contributed by atoms with van der Waals surface area (Å²) in [6.07, 6.45) is 6.62. The van der Waals surface area contributed by atoms with Crippen molar-refractivity contribution < 1.29 is 28.9 Å². The number of alkyl halides is 1. The summed E-state index contributed by atoms with van der Waals surface area (Å²) in [5.74, 6) is 1.22. The van der Waals surface area contributed by atoms with Crippen LogP contribution >= 0.6 is 28.3 Å². The van der Waals surface area contributed by atoms with E-state index in [1.165, 1.54) is 6.42 Å². The van der Waals surface area contributed by atoms with Gasteiger partial charge in [0.15, 0.2) is 0 Å². The minimum atomic E-state index is -1.39. The molecule has 0 aromatic rings. The van der Waals surface area contributed by atoms with E-state index in [1.54, 1.807) is 11.8 Å². The number of rotatable bonds is 4. The van der Waals surface area contributed by atoms with Crippen molar-refractivity contribution in [3.05, 3.63) is 0 Å². The van der Waals surface area contributed by atoms with Gasteiger partial charge in [0.1, 0.15) is 0 Å². The fraction of sp³-hybridized carbons (Fsp3) is 0.913. The van der Waals surface area contributed by atoms with Crippen LogP contribution in [0.2, 0.25) is 0 Å². The zero-order chi connectivity index (χ0) is 24.8. The van der Waals surface area contributed by atoms with Crippen LogP contribution in [0.5, 0.6) is 0 Å². The molecule has 8 nitrogen and oxygen atoms in total. The van der Waals surface area contributed by atoms with Crippen LogP contribution < -0.4 is 0 Å². The standard InChI is InChI=1S/C16H25BBrNO3.C7H14BNO3.ClH/c1-15(2)10-7-11(15)16(3)12(8-10)21-17(22-16)13-5-4-6-19(13)14(20)9-18;1-2-7(10)9-5-3-4-6(9)8(11)12;/h10-13H,4-9H2,1-3H3;6,11-12H,2-5H2,1H3;1H/t10?,11?,12?,13-,16-;6-;/m00./s1. The number of hydrogen-bond acceptors (Lipinski definition) is 6. The Kier molecular flexibility index (Phi) is 9.35. The lowest BCUT2D eigenvalue weighted by atomic mass is 9.43. The molecule has 2 amide bonds. The maximum absolute atomic E-state index is 12.1. The molecule has 2 bridgehead atoms. The van der Waals surface area contributed by atoms with Gasteiger partial charge in [-0.15, -0.1) is 12.4 Å². The Hall–Kier alpha value is -0.320.